The normalized spacial score (nSPS) is 11.1. The lowest BCUT2D eigenvalue weighted by atomic mass is 10.0. The Labute approximate surface area is 205 Å². The summed E-state index contributed by atoms with van der Waals surface area (Å²) in [6.07, 6.45) is 19.1. The van der Waals surface area contributed by atoms with Crippen LogP contribution in [0.1, 0.15) is 121 Å². The van der Waals surface area contributed by atoms with E-state index in [0.717, 1.165) is 19.3 Å². The van der Waals surface area contributed by atoms with Crippen molar-refractivity contribution in [2.24, 2.45) is 0 Å². The fraction of sp³-hybridized carbons (Fsp3) is 0.655. The van der Waals surface area contributed by atoms with Gasteiger partial charge in [-0.05, 0) is 31.0 Å². The van der Waals surface area contributed by atoms with Gasteiger partial charge in [0, 0.05) is 18.0 Å². The van der Waals surface area contributed by atoms with Gasteiger partial charge in [-0.2, -0.15) is 0 Å². The summed E-state index contributed by atoms with van der Waals surface area (Å²) < 4.78 is 10.9. The third-order valence-electron chi connectivity index (χ3n) is 6.24. The van der Waals surface area contributed by atoms with Gasteiger partial charge >= 0.3 is 5.63 Å². The van der Waals surface area contributed by atoms with Gasteiger partial charge in [-0.15, -0.1) is 0 Å². The van der Waals surface area contributed by atoms with E-state index >= 15 is 0 Å². The minimum absolute atomic E-state index is 0.0556. The lowest BCUT2D eigenvalue weighted by molar-refractivity contribution is 0.0949. The van der Waals surface area contributed by atoms with Gasteiger partial charge in [0.15, 0.2) is 0 Å². The summed E-state index contributed by atoms with van der Waals surface area (Å²) in [5, 5.41) is 3.58. The number of nitrogens with one attached hydrogen (secondary N) is 1. The van der Waals surface area contributed by atoms with E-state index in [-0.39, 0.29) is 11.5 Å². The zero-order valence-electron chi connectivity index (χ0n) is 21.5. The molecule has 5 heteroatoms. The SMILES string of the molecule is CCCCCCCCCCCCCCCCNC(=O)c1cc2ccc(OCCC)cc2oc1=O. The number of carbonyl (C=O) groups is 1. The highest BCUT2D eigenvalue weighted by atomic mass is 16.5. The minimum atomic E-state index is -0.612. The second-order valence-electron chi connectivity index (χ2n) is 9.35. The number of carbonyl (C=O) groups excluding carboxylic acids is 1. The number of hydrogen-bond donors (Lipinski definition) is 1. The molecule has 0 saturated heterocycles. The molecule has 0 saturated carbocycles. The Morgan fingerprint density at radius 1 is 0.794 bits per heavy atom. The van der Waals surface area contributed by atoms with Crippen LogP contribution in [0.4, 0.5) is 0 Å². The van der Waals surface area contributed by atoms with E-state index in [0.29, 0.717) is 29.9 Å². The molecule has 1 amide bonds. The fourth-order valence-electron chi connectivity index (χ4n) is 4.18. The molecule has 1 N–H and O–H groups in total. The predicted octanol–water partition coefficient (Wildman–Crippen LogP) is 7.79. The van der Waals surface area contributed by atoms with E-state index in [9.17, 15) is 9.59 Å². The number of unbranched alkanes of at least 4 members (excludes halogenated alkanes) is 13. The Bertz CT molecular complexity index is 889. The van der Waals surface area contributed by atoms with Crippen molar-refractivity contribution in [1.29, 1.82) is 0 Å². The Hall–Kier alpha value is -2.30. The van der Waals surface area contributed by atoms with E-state index < -0.39 is 5.63 Å². The molecule has 1 aromatic carbocycles. The van der Waals surface area contributed by atoms with Crippen molar-refractivity contribution in [3.8, 4) is 5.75 Å². The molecule has 0 aliphatic rings. The van der Waals surface area contributed by atoms with Crippen LogP contribution >= 0.6 is 0 Å². The lowest BCUT2D eigenvalue weighted by Gasteiger charge is -2.07. The highest BCUT2D eigenvalue weighted by Gasteiger charge is 2.13. The summed E-state index contributed by atoms with van der Waals surface area (Å²) in [5.41, 5.74) is -0.124. The van der Waals surface area contributed by atoms with Gasteiger partial charge in [0.2, 0.25) is 0 Å². The quantitative estimate of drug-likeness (QED) is 0.168. The Morgan fingerprint density at radius 3 is 1.97 bits per heavy atom. The number of ether oxygens (including phenoxy) is 1. The molecule has 0 atom stereocenters. The number of benzene rings is 1. The Morgan fingerprint density at radius 2 is 1.38 bits per heavy atom. The van der Waals surface area contributed by atoms with Crippen molar-refractivity contribution >= 4 is 16.9 Å². The average Bonchev–Trinajstić information content (AvgIpc) is 2.84. The Kier molecular flexibility index (Phi) is 14.1. The molecule has 34 heavy (non-hydrogen) atoms. The van der Waals surface area contributed by atoms with Crippen LogP contribution in [0, 0.1) is 0 Å². The zero-order chi connectivity index (χ0) is 24.4. The lowest BCUT2D eigenvalue weighted by Crippen LogP contribution is -2.29. The molecule has 2 aromatic rings. The van der Waals surface area contributed by atoms with Crippen molar-refractivity contribution in [2.75, 3.05) is 13.2 Å². The molecule has 0 bridgehead atoms. The maximum Gasteiger partial charge on any atom is 0.349 e. The molecular weight excluding hydrogens is 426 g/mol. The number of hydrogen-bond acceptors (Lipinski definition) is 4. The summed E-state index contributed by atoms with van der Waals surface area (Å²) in [5.74, 6) is 0.296. The van der Waals surface area contributed by atoms with Crippen LogP contribution in [0.15, 0.2) is 33.5 Å². The van der Waals surface area contributed by atoms with Crippen LogP contribution in [-0.4, -0.2) is 19.1 Å². The minimum Gasteiger partial charge on any atom is -0.493 e. The van der Waals surface area contributed by atoms with Crippen LogP contribution in [0.2, 0.25) is 0 Å². The highest BCUT2D eigenvalue weighted by Crippen LogP contribution is 2.21. The van der Waals surface area contributed by atoms with Crippen LogP contribution in [0.3, 0.4) is 0 Å². The van der Waals surface area contributed by atoms with Crippen molar-refractivity contribution in [3.05, 3.63) is 40.2 Å². The van der Waals surface area contributed by atoms with Gasteiger partial charge in [-0.1, -0.05) is 97.3 Å². The first-order valence-corrected chi connectivity index (χ1v) is 13.6. The number of rotatable bonds is 19. The molecule has 190 valence electrons. The predicted molar refractivity (Wildman–Crippen MR) is 141 cm³/mol. The van der Waals surface area contributed by atoms with Gasteiger partial charge in [-0.25, -0.2) is 4.79 Å². The van der Waals surface area contributed by atoms with Gasteiger partial charge in [-0.3, -0.25) is 4.79 Å². The van der Waals surface area contributed by atoms with Crippen LogP contribution in [0.5, 0.6) is 5.75 Å². The zero-order valence-corrected chi connectivity index (χ0v) is 21.5. The van der Waals surface area contributed by atoms with E-state index in [1.807, 2.05) is 19.1 Å². The topological polar surface area (TPSA) is 68.5 Å². The van der Waals surface area contributed by atoms with Gasteiger partial charge < -0.3 is 14.5 Å². The van der Waals surface area contributed by atoms with E-state index in [2.05, 4.69) is 12.2 Å². The van der Waals surface area contributed by atoms with Crippen molar-refractivity contribution in [1.82, 2.24) is 5.32 Å². The van der Waals surface area contributed by atoms with Gasteiger partial charge in [0.25, 0.3) is 5.91 Å². The third kappa shape index (κ3) is 10.8. The molecule has 0 aliphatic carbocycles. The second kappa shape index (κ2) is 17.2. The average molecular weight is 472 g/mol. The van der Waals surface area contributed by atoms with Crippen LogP contribution in [0.25, 0.3) is 11.0 Å². The molecule has 1 aromatic heterocycles. The molecule has 0 unspecified atom stereocenters. The summed E-state index contributed by atoms with van der Waals surface area (Å²) >= 11 is 0. The molecule has 0 fully saturated rings. The summed E-state index contributed by atoms with van der Waals surface area (Å²) in [7, 11) is 0. The molecule has 0 spiro atoms. The maximum absolute atomic E-state index is 12.5. The summed E-state index contributed by atoms with van der Waals surface area (Å²) in [6.45, 7) is 5.49. The smallest absolute Gasteiger partial charge is 0.349 e. The summed E-state index contributed by atoms with van der Waals surface area (Å²) in [4.78, 5) is 24.7. The highest BCUT2D eigenvalue weighted by molar-refractivity contribution is 5.96. The standard InChI is InChI=1S/C29H45NO4/c1-3-5-6-7-8-9-10-11-12-13-14-15-16-17-20-30-28(31)26-22-24-18-19-25(33-21-4-2)23-27(24)34-29(26)32/h18-19,22-23H,3-17,20-21H2,1-2H3,(H,30,31). The van der Waals surface area contributed by atoms with E-state index in [1.54, 1.807) is 12.1 Å². The molecule has 1 heterocycles. The maximum atomic E-state index is 12.5. The van der Waals surface area contributed by atoms with Gasteiger partial charge in [0.05, 0.1) is 6.61 Å². The van der Waals surface area contributed by atoms with Crippen molar-refractivity contribution in [3.63, 3.8) is 0 Å². The van der Waals surface area contributed by atoms with Crippen molar-refractivity contribution < 1.29 is 13.9 Å². The number of amides is 1. The first-order valence-electron chi connectivity index (χ1n) is 13.6. The molecule has 0 aliphatic heterocycles. The van der Waals surface area contributed by atoms with Crippen LogP contribution in [-0.2, 0) is 0 Å². The molecule has 0 radical (unpaired) electrons. The largest absolute Gasteiger partial charge is 0.493 e. The van der Waals surface area contributed by atoms with Crippen molar-refractivity contribution in [2.45, 2.75) is 110 Å². The van der Waals surface area contributed by atoms with E-state index in [1.165, 1.54) is 77.0 Å². The third-order valence-corrected chi connectivity index (χ3v) is 6.24. The van der Waals surface area contributed by atoms with Crippen LogP contribution < -0.4 is 15.7 Å². The summed E-state index contributed by atoms with van der Waals surface area (Å²) in [6, 6.07) is 6.94. The first kappa shape index (κ1) is 27.9. The first-order chi connectivity index (χ1) is 16.7. The van der Waals surface area contributed by atoms with Gasteiger partial charge in [0.1, 0.15) is 16.9 Å². The Balaban J connectivity index is 1.56. The van der Waals surface area contributed by atoms with E-state index in [4.69, 9.17) is 9.15 Å². The molecule has 5 nitrogen and oxygen atoms in total. The number of fused-ring (bicyclic) bond motifs is 1. The molecule has 2 rings (SSSR count). The monoisotopic (exact) mass is 471 g/mol. The fourth-order valence-corrected chi connectivity index (χ4v) is 4.18. The second-order valence-corrected chi connectivity index (χ2v) is 9.35. The molecular formula is C29H45NO4.